The van der Waals surface area contributed by atoms with Gasteiger partial charge in [-0.25, -0.2) is 0 Å². The number of carbonyl (C=O) groups is 1. The first-order chi connectivity index (χ1) is 11.5. The van der Waals surface area contributed by atoms with Crippen LogP contribution in [0, 0.1) is 12.8 Å². The summed E-state index contributed by atoms with van der Waals surface area (Å²) in [6, 6.07) is 18.4. The molecule has 0 saturated carbocycles. The Bertz CT molecular complexity index is 755. The SMILES string of the molecule is CC=C(C=C(c1ccccc1)C(C)CC(=O)O)c1cccc(C)c1. The van der Waals surface area contributed by atoms with Gasteiger partial charge in [0.1, 0.15) is 0 Å². The largest absolute Gasteiger partial charge is 0.481 e. The summed E-state index contributed by atoms with van der Waals surface area (Å²) in [7, 11) is 0. The number of hydrogen-bond acceptors (Lipinski definition) is 1. The zero-order valence-corrected chi connectivity index (χ0v) is 14.5. The predicted molar refractivity (Wildman–Crippen MR) is 101 cm³/mol. The van der Waals surface area contributed by atoms with E-state index in [1.807, 2.05) is 50.2 Å². The first-order valence-electron chi connectivity index (χ1n) is 8.23. The van der Waals surface area contributed by atoms with E-state index in [4.69, 9.17) is 0 Å². The lowest BCUT2D eigenvalue weighted by molar-refractivity contribution is -0.137. The Morgan fingerprint density at radius 2 is 1.75 bits per heavy atom. The van der Waals surface area contributed by atoms with Gasteiger partial charge >= 0.3 is 5.97 Å². The second-order valence-electron chi connectivity index (χ2n) is 6.08. The molecule has 0 amide bonds. The molecule has 1 N–H and O–H groups in total. The Hall–Kier alpha value is -2.61. The van der Waals surface area contributed by atoms with Gasteiger partial charge in [0.2, 0.25) is 0 Å². The van der Waals surface area contributed by atoms with Gasteiger partial charge in [-0.1, -0.05) is 79.2 Å². The van der Waals surface area contributed by atoms with Crippen LogP contribution >= 0.6 is 0 Å². The zero-order valence-electron chi connectivity index (χ0n) is 14.5. The Morgan fingerprint density at radius 3 is 2.33 bits per heavy atom. The minimum atomic E-state index is -0.776. The first-order valence-corrected chi connectivity index (χ1v) is 8.23. The van der Waals surface area contributed by atoms with Crippen LogP contribution in [0.1, 0.15) is 37.0 Å². The van der Waals surface area contributed by atoms with Gasteiger partial charge in [0, 0.05) is 0 Å². The molecule has 1 atom stereocenters. The van der Waals surface area contributed by atoms with Crippen molar-refractivity contribution in [3.8, 4) is 0 Å². The van der Waals surface area contributed by atoms with E-state index in [1.165, 1.54) is 5.56 Å². The van der Waals surface area contributed by atoms with Gasteiger partial charge in [0.25, 0.3) is 0 Å². The van der Waals surface area contributed by atoms with Crippen LogP contribution in [-0.4, -0.2) is 11.1 Å². The molecule has 0 aliphatic carbocycles. The maximum absolute atomic E-state index is 11.2. The van der Waals surface area contributed by atoms with E-state index in [2.05, 4.69) is 37.3 Å². The normalized spacial score (nSPS) is 13.6. The van der Waals surface area contributed by atoms with Crippen molar-refractivity contribution in [2.24, 2.45) is 5.92 Å². The van der Waals surface area contributed by atoms with Crippen molar-refractivity contribution >= 4 is 17.1 Å². The Kier molecular flexibility index (Phi) is 6.14. The fourth-order valence-corrected chi connectivity index (χ4v) is 2.84. The molecule has 0 fully saturated rings. The summed E-state index contributed by atoms with van der Waals surface area (Å²) in [6.45, 7) is 6.06. The second-order valence-corrected chi connectivity index (χ2v) is 6.08. The standard InChI is InChI=1S/C22H24O2/c1-4-18(20-12-8-9-16(2)13-20)15-21(17(3)14-22(23)24)19-10-6-5-7-11-19/h4-13,15,17H,14H2,1-3H3,(H,23,24). The van der Waals surface area contributed by atoms with Gasteiger partial charge in [-0.15, -0.1) is 0 Å². The van der Waals surface area contributed by atoms with Crippen LogP contribution in [-0.2, 0) is 4.79 Å². The highest BCUT2D eigenvalue weighted by Gasteiger charge is 2.15. The number of aliphatic carboxylic acids is 1. The van der Waals surface area contributed by atoms with Crippen molar-refractivity contribution in [2.75, 3.05) is 0 Å². The molecule has 24 heavy (non-hydrogen) atoms. The van der Waals surface area contributed by atoms with Crippen LogP contribution in [0.15, 0.2) is 66.7 Å². The molecule has 0 heterocycles. The molecule has 0 saturated heterocycles. The van der Waals surface area contributed by atoms with Crippen molar-refractivity contribution in [1.29, 1.82) is 0 Å². The van der Waals surface area contributed by atoms with E-state index in [-0.39, 0.29) is 12.3 Å². The molecule has 2 aromatic rings. The van der Waals surface area contributed by atoms with E-state index in [0.717, 1.165) is 22.3 Å². The molecule has 0 spiro atoms. The number of rotatable bonds is 6. The number of hydrogen-bond donors (Lipinski definition) is 1. The van der Waals surface area contributed by atoms with Crippen molar-refractivity contribution < 1.29 is 9.90 Å². The third-order valence-electron chi connectivity index (χ3n) is 4.09. The van der Waals surface area contributed by atoms with Gasteiger partial charge in [-0.3, -0.25) is 4.79 Å². The fraction of sp³-hybridized carbons (Fsp3) is 0.227. The van der Waals surface area contributed by atoms with E-state index in [1.54, 1.807) is 0 Å². The second kappa shape index (κ2) is 8.30. The maximum Gasteiger partial charge on any atom is 0.303 e. The molecule has 0 aliphatic rings. The van der Waals surface area contributed by atoms with E-state index < -0.39 is 5.97 Å². The summed E-state index contributed by atoms with van der Waals surface area (Å²) in [6.07, 6.45) is 4.31. The van der Waals surface area contributed by atoms with Crippen molar-refractivity contribution in [3.05, 3.63) is 83.4 Å². The summed E-state index contributed by atoms with van der Waals surface area (Å²) in [5.74, 6) is -0.841. The van der Waals surface area contributed by atoms with Gasteiger partial charge in [0.15, 0.2) is 0 Å². The third kappa shape index (κ3) is 4.69. The van der Waals surface area contributed by atoms with Crippen LogP contribution in [0.25, 0.3) is 11.1 Å². The van der Waals surface area contributed by atoms with Crippen molar-refractivity contribution in [1.82, 2.24) is 0 Å². The number of benzene rings is 2. The molecular weight excluding hydrogens is 296 g/mol. The minimum Gasteiger partial charge on any atom is -0.481 e. The molecule has 2 nitrogen and oxygen atoms in total. The van der Waals surface area contributed by atoms with Crippen molar-refractivity contribution in [2.45, 2.75) is 27.2 Å². The van der Waals surface area contributed by atoms with Gasteiger partial charge in [0.05, 0.1) is 6.42 Å². The maximum atomic E-state index is 11.2. The molecule has 2 rings (SSSR count). The highest BCUT2D eigenvalue weighted by molar-refractivity contribution is 5.85. The molecule has 0 aliphatic heterocycles. The summed E-state index contributed by atoms with van der Waals surface area (Å²) in [4.78, 5) is 11.2. The number of allylic oxidation sites excluding steroid dienone is 4. The van der Waals surface area contributed by atoms with Crippen molar-refractivity contribution in [3.63, 3.8) is 0 Å². The predicted octanol–water partition coefficient (Wildman–Crippen LogP) is 5.59. The van der Waals surface area contributed by atoms with Gasteiger partial charge in [-0.05, 0) is 42.0 Å². The zero-order chi connectivity index (χ0) is 17.5. The molecule has 1 unspecified atom stereocenters. The lowest BCUT2D eigenvalue weighted by atomic mass is 9.88. The molecule has 2 heteroatoms. The van der Waals surface area contributed by atoms with Gasteiger partial charge < -0.3 is 5.11 Å². The quantitative estimate of drug-likeness (QED) is 0.704. The summed E-state index contributed by atoms with van der Waals surface area (Å²) in [5.41, 5.74) is 5.58. The average molecular weight is 320 g/mol. The number of carboxylic acids is 1. The van der Waals surface area contributed by atoms with Crippen LogP contribution < -0.4 is 0 Å². The third-order valence-corrected chi connectivity index (χ3v) is 4.09. The molecular formula is C22H24O2. The Balaban J connectivity index is 2.48. The smallest absolute Gasteiger partial charge is 0.303 e. The Labute approximate surface area is 144 Å². The van der Waals surface area contributed by atoms with Crippen LogP contribution in [0.5, 0.6) is 0 Å². The first kappa shape index (κ1) is 17.7. The molecule has 0 radical (unpaired) electrons. The molecule has 2 aromatic carbocycles. The molecule has 0 bridgehead atoms. The lowest BCUT2D eigenvalue weighted by Gasteiger charge is -2.16. The highest BCUT2D eigenvalue weighted by Crippen LogP contribution is 2.30. The Morgan fingerprint density at radius 1 is 1.08 bits per heavy atom. The fourth-order valence-electron chi connectivity index (χ4n) is 2.84. The minimum absolute atomic E-state index is 0.0651. The van der Waals surface area contributed by atoms with E-state index in [9.17, 15) is 9.90 Å². The topological polar surface area (TPSA) is 37.3 Å². The monoisotopic (exact) mass is 320 g/mol. The number of carboxylic acid groups (broad SMARTS) is 1. The molecule has 124 valence electrons. The summed E-state index contributed by atoms with van der Waals surface area (Å²) >= 11 is 0. The average Bonchev–Trinajstić information content (AvgIpc) is 2.56. The van der Waals surface area contributed by atoms with Crippen LogP contribution in [0.2, 0.25) is 0 Å². The van der Waals surface area contributed by atoms with Crippen LogP contribution in [0.4, 0.5) is 0 Å². The van der Waals surface area contributed by atoms with E-state index in [0.29, 0.717) is 0 Å². The summed E-state index contributed by atoms with van der Waals surface area (Å²) in [5, 5.41) is 9.18. The highest BCUT2D eigenvalue weighted by atomic mass is 16.4. The lowest BCUT2D eigenvalue weighted by Crippen LogP contribution is -2.07. The van der Waals surface area contributed by atoms with E-state index >= 15 is 0 Å². The van der Waals surface area contributed by atoms with Gasteiger partial charge in [-0.2, -0.15) is 0 Å². The molecule has 0 aromatic heterocycles. The summed E-state index contributed by atoms with van der Waals surface area (Å²) < 4.78 is 0. The number of aryl methyl sites for hydroxylation is 1. The van der Waals surface area contributed by atoms with Crippen LogP contribution in [0.3, 0.4) is 0 Å².